The molecule has 0 saturated carbocycles. The van der Waals surface area contributed by atoms with Gasteiger partial charge in [-0.15, -0.1) is 0 Å². The maximum atomic E-state index is 15.3. The second-order valence-electron chi connectivity index (χ2n) is 25.4. The third-order valence-corrected chi connectivity index (χ3v) is 17.1. The zero-order chi connectivity index (χ0) is 88.5. The van der Waals surface area contributed by atoms with E-state index in [0.717, 1.165) is 0 Å². The van der Waals surface area contributed by atoms with Gasteiger partial charge in [0.05, 0.1) is 50.1 Å². The Morgan fingerprint density at radius 2 is 0.463 bits per heavy atom. The number of esters is 9. The van der Waals surface area contributed by atoms with Crippen molar-refractivity contribution < 1.29 is 218 Å². The number of ketones is 1. The number of phenolic OH excluding ortho intramolecular Hbond substituents is 24. The van der Waals surface area contributed by atoms with E-state index in [1.807, 2.05) is 0 Å². The lowest BCUT2D eigenvalue weighted by atomic mass is 9.90. The molecule has 44 nitrogen and oxygen atoms in total. The highest BCUT2D eigenvalue weighted by molar-refractivity contribution is 6.01. The van der Waals surface area contributed by atoms with Gasteiger partial charge >= 0.3 is 53.7 Å². The van der Waals surface area contributed by atoms with Crippen LogP contribution in [-0.2, 0) is 23.7 Å². The Kier molecular flexibility index (Phi) is 23.2. The molecule has 0 aliphatic carbocycles. The van der Waals surface area contributed by atoms with Crippen molar-refractivity contribution in [3.63, 3.8) is 0 Å². The standard InChI is InChI=1S/C77H54O44/c78-34-1-25(2-35(21-34)113-70(104)26-4-37(80)57(94)38(81)5-26)75(109)121-68-66(119-76(110)32-15-49(92)64(101)53(19-32)117-73(107)29-10-43(86)60(97)44(87)11-29)55(22-36(79)24-3-47(90)62(99)51(17-24)115-71(105)27-6-39(82)58(95)40(83)7-27)114-56(23-112-69(103)31-14-48(91)63(100)52(18-31)116-72(106)28-8-41(84)59(96)42(85)9-28)67(68)120-77(111)33-16-50(93)65(102)54(20-33)118-74(108)30-12-45(88)61(98)46(89)13-30/h1-21,55-56,66-68,78,80-102H,22-23H2/t55-,56+,66-,67+,68+/m0/s1. The van der Waals surface area contributed by atoms with Gasteiger partial charge in [-0.1, -0.05) is 0 Å². The summed E-state index contributed by atoms with van der Waals surface area (Å²) in [5.74, 6) is -51.3. The van der Waals surface area contributed by atoms with Crippen molar-refractivity contribution in [3.8, 4) is 167 Å². The minimum Gasteiger partial charge on any atom is -0.508 e. The van der Waals surface area contributed by atoms with Crippen LogP contribution in [0.5, 0.6) is 167 Å². The third kappa shape index (κ3) is 18.0. The number of aromatic hydroxyl groups is 24. The van der Waals surface area contributed by atoms with Crippen LogP contribution in [0.4, 0.5) is 0 Å². The summed E-state index contributed by atoms with van der Waals surface area (Å²) in [4.78, 5) is 143. The number of ether oxygens (including phenoxy) is 10. The summed E-state index contributed by atoms with van der Waals surface area (Å²) in [6.45, 7) is -1.59. The first kappa shape index (κ1) is 84.2. The molecule has 44 heteroatoms. The molecular weight excluding hydrogens is 1630 g/mol. The number of carbonyl (C=O) groups is 10. The van der Waals surface area contributed by atoms with E-state index in [-0.39, 0.29) is 0 Å². The Balaban J connectivity index is 1.08. The fraction of sp³-hybridized carbons (Fsp3) is 0.0909. The summed E-state index contributed by atoms with van der Waals surface area (Å²) < 4.78 is 55.7. The SMILES string of the molecule is O=C(C[C@@H]1O[C@H](COC(=O)c2cc(O)c(O)c(OC(=O)c3cc(O)c(O)c(O)c3)c2)[C@@H](OC(=O)c2cc(O)c(O)c(OC(=O)c3cc(O)c(O)c(O)c3)c2)[C@H](OC(=O)c2cc(O)cc(OC(=O)c3cc(O)c(O)c(O)c3)c2)[C@H]1OC(=O)c1cc(O)c(O)c(OC(=O)c2cc(O)c(O)c(O)c2)c1)c1cc(O)c(O)c(OC(=O)c2cc(O)c(O)c(O)c2)c1. The van der Waals surface area contributed by atoms with Crippen LogP contribution < -0.4 is 23.7 Å². The van der Waals surface area contributed by atoms with Gasteiger partial charge in [-0.2, -0.15) is 0 Å². The number of Topliss-reactive ketones (excluding diaryl/α,β-unsaturated/α-hetero) is 1. The molecule has 0 aromatic heterocycles. The van der Waals surface area contributed by atoms with Gasteiger partial charge in [0.1, 0.15) is 30.3 Å². The molecule has 0 unspecified atom stereocenters. The molecule has 1 aliphatic rings. The second kappa shape index (κ2) is 33.4. The molecule has 5 atom stereocenters. The van der Waals surface area contributed by atoms with Crippen molar-refractivity contribution in [3.05, 3.63) is 183 Å². The molecule has 0 amide bonds. The van der Waals surface area contributed by atoms with Gasteiger partial charge in [-0.05, 0) is 121 Å². The second-order valence-corrected chi connectivity index (χ2v) is 25.4. The smallest absolute Gasteiger partial charge is 0.343 e. The van der Waals surface area contributed by atoms with Crippen molar-refractivity contribution in [1.82, 2.24) is 0 Å². The van der Waals surface area contributed by atoms with E-state index < -0.39 is 325 Å². The Labute approximate surface area is 668 Å². The van der Waals surface area contributed by atoms with Crippen LogP contribution in [0.25, 0.3) is 0 Å². The molecule has 121 heavy (non-hydrogen) atoms. The number of phenols is 24. The van der Waals surface area contributed by atoms with Crippen LogP contribution in [-0.4, -0.2) is 219 Å². The molecule has 1 heterocycles. The predicted octanol–water partition coefficient (Wildman–Crippen LogP) is 5.59. The summed E-state index contributed by atoms with van der Waals surface area (Å²) in [6, 6.07) is 10.6. The van der Waals surface area contributed by atoms with E-state index in [2.05, 4.69) is 0 Å². The Bertz CT molecular complexity index is 5910. The maximum absolute atomic E-state index is 15.3. The van der Waals surface area contributed by atoms with Crippen LogP contribution in [0.1, 0.15) is 110 Å². The van der Waals surface area contributed by atoms with E-state index in [1.165, 1.54) is 0 Å². The van der Waals surface area contributed by atoms with E-state index in [0.29, 0.717) is 127 Å². The fourth-order valence-corrected chi connectivity index (χ4v) is 11.2. The van der Waals surface area contributed by atoms with Gasteiger partial charge in [0, 0.05) is 18.1 Å². The van der Waals surface area contributed by atoms with Crippen molar-refractivity contribution in [1.29, 1.82) is 0 Å². The zero-order valence-electron chi connectivity index (χ0n) is 59.8. The highest BCUT2D eigenvalue weighted by Crippen LogP contribution is 2.47. The molecule has 626 valence electrons. The van der Waals surface area contributed by atoms with Crippen LogP contribution in [0.2, 0.25) is 0 Å². The molecule has 11 rings (SSSR count). The molecule has 24 N–H and O–H groups in total. The molecule has 1 aliphatic heterocycles. The van der Waals surface area contributed by atoms with E-state index in [1.54, 1.807) is 0 Å². The monoisotopic (exact) mass is 1680 g/mol. The topological polar surface area (TPSA) is 749 Å². The summed E-state index contributed by atoms with van der Waals surface area (Å²) in [5.41, 5.74) is -9.01. The fourth-order valence-electron chi connectivity index (χ4n) is 11.2. The van der Waals surface area contributed by atoms with Gasteiger partial charge in [0.2, 0.25) is 23.0 Å². The third-order valence-electron chi connectivity index (χ3n) is 17.1. The highest BCUT2D eigenvalue weighted by Gasteiger charge is 2.54. The molecule has 0 radical (unpaired) electrons. The van der Waals surface area contributed by atoms with Gasteiger partial charge in [-0.25, -0.2) is 43.2 Å². The Morgan fingerprint density at radius 1 is 0.231 bits per heavy atom. The van der Waals surface area contributed by atoms with Crippen LogP contribution in [0, 0.1) is 0 Å². The highest BCUT2D eigenvalue weighted by atomic mass is 16.7. The van der Waals surface area contributed by atoms with Crippen LogP contribution in [0.15, 0.2) is 127 Å². The van der Waals surface area contributed by atoms with Crippen molar-refractivity contribution in [2.75, 3.05) is 6.61 Å². The lowest BCUT2D eigenvalue weighted by Gasteiger charge is -2.44. The number of benzene rings is 10. The maximum Gasteiger partial charge on any atom is 0.343 e. The van der Waals surface area contributed by atoms with E-state index >= 15 is 19.2 Å². The average molecular weight is 1680 g/mol. The zero-order valence-corrected chi connectivity index (χ0v) is 59.8. The summed E-state index contributed by atoms with van der Waals surface area (Å²) in [7, 11) is 0. The summed E-state index contributed by atoms with van der Waals surface area (Å²) in [6.07, 6.45) is -15.3. The average Bonchev–Trinajstić information content (AvgIpc) is 0.757. The summed E-state index contributed by atoms with van der Waals surface area (Å²) >= 11 is 0. The molecule has 1 fully saturated rings. The van der Waals surface area contributed by atoms with Crippen molar-refractivity contribution in [2.24, 2.45) is 0 Å². The number of hydrogen-bond acceptors (Lipinski definition) is 44. The first-order valence-electron chi connectivity index (χ1n) is 33.4. The predicted molar refractivity (Wildman–Crippen MR) is 385 cm³/mol. The van der Waals surface area contributed by atoms with Crippen molar-refractivity contribution >= 4 is 59.5 Å². The number of rotatable bonds is 22. The Morgan fingerprint density at radius 3 is 0.769 bits per heavy atom. The van der Waals surface area contributed by atoms with E-state index in [9.17, 15) is 151 Å². The minimum absolute atomic E-state index is 0.364. The molecule has 10 aromatic carbocycles. The number of hydrogen-bond donors (Lipinski definition) is 24. The van der Waals surface area contributed by atoms with Gasteiger partial charge < -0.3 is 170 Å². The van der Waals surface area contributed by atoms with Gasteiger partial charge in [0.25, 0.3) is 0 Å². The lowest BCUT2D eigenvalue weighted by Crippen LogP contribution is -2.62. The summed E-state index contributed by atoms with van der Waals surface area (Å²) in [5, 5.41) is 250. The van der Waals surface area contributed by atoms with Crippen LogP contribution >= 0.6 is 0 Å². The first-order chi connectivity index (χ1) is 56.9. The molecular formula is C77H54O44. The van der Waals surface area contributed by atoms with Gasteiger partial charge in [-0.3, -0.25) is 4.79 Å². The quantitative estimate of drug-likeness (QED) is 0.0129. The van der Waals surface area contributed by atoms with E-state index in [4.69, 9.17) is 47.4 Å². The van der Waals surface area contributed by atoms with Crippen molar-refractivity contribution in [2.45, 2.75) is 36.9 Å². The normalized spacial score (nSPS) is 14.7. The molecule has 0 bridgehead atoms. The first-order valence-corrected chi connectivity index (χ1v) is 33.4. The number of carbonyl (C=O) groups excluding carboxylic acids is 10. The molecule has 10 aromatic rings. The van der Waals surface area contributed by atoms with Crippen LogP contribution in [0.3, 0.4) is 0 Å². The minimum atomic E-state index is -2.92. The van der Waals surface area contributed by atoms with Gasteiger partial charge in [0.15, 0.2) is 156 Å². The lowest BCUT2D eigenvalue weighted by molar-refractivity contribution is -0.227. The molecule has 0 spiro atoms. The Hall–Kier alpha value is -17.7. The molecule has 1 saturated heterocycles. The largest absolute Gasteiger partial charge is 0.508 e.